The second kappa shape index (κ2) is 5.10. The van der Waals surface area contributed by atoms with E-state index < -0.39 is 0 Å². The van der Waals surface area contributed by atoms with E-state index in [1.807, 2.05) is 5.38 Å². The molecule has 1 saturated carbocycles. The molecule has 0 saturated heterocycles. The summed E-state index contributed by atoms with van der Waals surface area (Å²) in [6, 6.07) is 2.60. The molecular weight excluding hydrogens is 244 g/mol. The fourth-order valence-corrected chi connectivity index (χ4v) is 3.37. The first-order valence-corrected chi connectivity index (χ1v) is 7.48. The molecule has 0 amide bonds. The molecule has 2 heterocycles. The van der Waals surface area contributed by atoms with E-state index in [1.165, 1.54) is 38.5 Å². The van der Waals surface area contributed by atoms with Gasteiger partial charge in [0, 0.05) is 6.04 Å². The molecule has 0 radical (unpaired) electrons. The molecule has 3 N–H and O–H groups in total. The third-order valence-corrected chi connectivity index (χ3v) is 4.34. The summed E-state index contributed by atoms with van der Waals surface area (Å²) in [6.07, 6.45) is 7.80. The minimum Gasteiger partial charge on any atom is -0.368 e. The number of hydrogen-bond donors (Lipinski definition) is 2. The van der Waals surface area contributed by atoms with Crippen molar-refractivity contribution in [2.75, 3.05) is 11.1 Å². The average molecular weight is 262 g/mol. The van der Waals surface area contributed by atoms with Gasteiger partial charge in [-0.15, -0.1) is 11.3 Å². The fraction of sp³-hybridized carbons (Fsp3) is 0.538. The maximum absolute atomic E-state index is 5.76. The van der Waals surface area contributed by atoms with Crippen LogP contribution < -0.4 is 11.1 Å². The summed E-state index contributed by atoms with van der Waals surface area (Å²) < 4.78 is 0. The van der Waals surface area contributed by atoms with Crippen LogP contribution in [0.2, 0.25) is 0 Å². The van der Waals surface area contributed by atoms with E-state index in [2.05, 4.69) is 21.4 Å². The molecule has 0 bridgehead atoms. The Labute approximate surface area is 111 Å². The SMILES string of the molecule is Nc1nc(NC2CCCCCC2)c2ccsc2n1. The van der Waals surface area contributed by atoms with Crippen molar-refractivity contribution in [2.45, 2.75) is 44.6 Å². The standard InChI is InChI=1S/C13H18N4S/c14-13-16-11(10-7-8-18-12(10)17-13)15-9-5-3-1-2-4-6-9/h7-9H,1-6H2,(H3,14,15,16,17). The Morgan fingerprint density at radius 3 is 2.72 bits per heavy atom. The Hall–Kier alpha value is -1.36. The highest BCUT2D eigenvalue weighted by Gasteiger charge is 2.15. The van der Waals surface area contributed by atoms with Crippen molar-refractivity contribution in [3.63, 3.8) is 0 Å². The number of anilines is 2. The fourth-order valence-electron chi connectivity index (χ4n) is 2.60. The molecule has 2 aromatic heterocycles. The number of hydrogen-bond acceptors (Lipinski definition) is 5. The van der Waals surface area contributed by atoms with E-state index in [4.69, 9.17) is 5.73 Å². The summed E-state index contributed by atoms with van der Waals surface area (Å²) in [5.74, 6) is 1.27. The molecule has 1 aliphatic rings. The highest BCUT2D eigenvalue weighted by atomic mass is 32.1. The zero-order chi connectivity index (χ0) is 12.4. The van der Waals surface area contributed by atoms with Gasteiger partial charge in [-0.2, -0.15) is 4.98 Å². The van der Waals surface area contributed by atoms with Crippen molar-refractivity contribution >= 4 is 33.3 Å². The monoisotopic (exact) mass is 262 g/mol. The lowest BCUT2D eigenvalue weighted by Gasteiger charge is -2.17. The normalized spacial score (nSPS) is 17.8. The van der Waals surface area contributed by atoms with Crippen LogP contribution in [0.1, 0.15) is 38.5 Å². The first-order chi connectivity index (χ1) is 8.83. The van der Waals surface area contributed by atoms with Gasteiger partial charge < -0.3 is 11.1 Å². The number of nitrogens with zero attached hydrogens (tertiary/aromatic N) is 2. The number of aromatic nitrogens is 2. The van der Waals surface area contributed by atoms with E-state index in [0.717, 1.165) is 16.0 Å². The molecule has 2 aromatic rings. The van der Waals surface area contributed by atoms with Crippen molar-refractivity contribution in [1.29, 1.82) is 0 Å². The maximum atomic E-state index is 5.76. The predicted molar refractivity (Wildman–Crippen MR) is 76.9 cm³/mol. The number of nitrogens with two attached hydrogens (primary N) is 1. The van der Waals surface area contributed by atoms with Crippen LogP contribution in [0.5, 0.6) is 0 Å². The average Bonchev–Trinajstić information content (AvgIpc) is 2.66. The highest BCUT2D eigenvalue weighted by molar-refractivity contribution is 7.16. The Bertz CT molecular complexity index is 529. The van der Waals surface area contributed by atoms with Gasteiger partial charge in [0.15, 0.2) is 0 Å². The van der Waals surface area contributed by atoms with Gasteiger partial charge >= 0.3 is 0 Å². The predicted octanol–water partition coefficient (Wildman–Crippen LogP) is 3.41. The van der Waals surface area contributed by atoms with Crippen LogP contribution in [0.4, 0.5) is 11.8 Å². The molecule has 1 aliphatic carbocycles. The van der Waals surface area contributed by atoms with Crippen molar-refractivity contribution in [3.05, 3.63) is 11.4 Å². The van der Waals surface area contributed by atoms with Crippen LogP contribution in [0, 0.1) is 0 Å². The van der Waals surface area contributed by atoms with Gasteiger partial charge in [0.1, 0.15) is 10.6 Å². The van der Waals surface area contributed by atoms with Gasteiger partial charge in [-0.25, -0.2) is 4.98 Å². The van der Waals surface area contributed by atoms with Gasteiger partial charge in [0.25, 0.3) is 0 Å². The third kappa shape index (κ3) is 2.41. The number of thiophene rings is 1. The van der Waals surface area contributed by atoms with Crippen molar-refractivity contribution < 1.29 is 0 Å². The Morgan fingerprint density at radius 1 is 1.17 bits per heavy atom. The van der Waals surface area contributed by atoms with E-state index in [0.29, 0.717) is 12.0 Å². The van der Waals surface area contributed by atoms with Crippen LogP contribution in [-0.2, 0) is 0 Å². The molecule has 0 spiro atoms. The Balaban J connectivity index is 1.86. The van der Waals surface area contributed by atoms with Gasteiger partial charge in [-0.1, -0.05) is 25.7 Å². The van der Waals surface area contributed by atoms with Crippen LogP contribution in [-0.4, -0.2) is 16.0 Å². The summed E-state index contributed by atoms with van der Waals surface area (Å²) in [4.78, 5) is 9.58. The smallest absolute Gasteiger partial charge is 0.223 e. The molecule has 1 fully saturated rings. The molecular formula is C13H18N4S. The molecule has 0 aromatic carbocycles. The second-order valence-corrected chi connectivity index (χ2v) is 5.80. The summed E-state index contributed by atoms with van der Waals surface area (Å²) in [7, 11) is 0. The third-order valence-electron chi connectivity index (χ3n) is 3.54. The summed E-state index contributed by atoms with van der Waals surface area (Å²) in [5.41, 5.74) is 5.76. The number of nitrogens with one attached hydrogen (secondary N) is 1. The van der Waals surface area contributed by atoms with Crippen LogP contribution in [0.15, 0.2) is 11.4 Å². The van der Waals surface area contributed by atoms with E-state index in [9.17, 15) is 0 Å². The minimum atomic E-state index is 0.362. The lowest BCUT2D eigenvalue weighted by molar-refractivity contribution is 0.618. The lowest BCUT2D eigenvalue weighted by Crippen LogP contribution is -2.19. The molecule has 0 aliphatic heterocycles. The maximum Gasteiger partial charge on any atom is 0.223 e. The van der Waals surface area contributed by atoms with E-state index in [1.54, 1.807) is 11.3 Å². The lowest BCUT2D eigenvalue weighted by atomic mass is 10.1. The first-order valence-electron chi connectivity index (χ1n) is 6.60. The van der Waals surface area contributed by atoms with E-state index in [-0.39, 0.29) is 0 Å². The van der Waals surface area contributed by atoms with Crippen molar-refractivity contribution in [3.8, 4) is 0 Å². The topological polar surface area (TPSA) is 63.8 Å². The Kier molecular flexibility index (Phi) is 3.32. The molecule has 18 heavy (non-hydrogen) atoms. The van der Waals surface area contributed by atoms with Gasteiger partial charge in [0.2, 0.25) is 5.95 Å². The summed E-state index contributed by atoms with van der Waals surface area (Å²) >= 11 is 1.61. The van der Waals surface area contributed by atoms with Crippen LogP contribution in [0.3, 0.4) is 0 Å². The van der Waals surface area contributed by atoms with Crippen molar-refractivity contribution in [2.24, 2.45) is 0 Å². The second-order valence-electron chi connectivity index (χ2n) is 4.90. The molecule has 5 heteroatoms. The summed E-state index contributed by atoms with van der Waals surface area (Å²) in [6.45, 7) is 0. The summed E-state index contributed by atoms with van der Waals surface area (Å²) in [5, 5.41) is 6.70. The molecule has 96 valence electrons. The van der Waals surface area contributed by atoms with E-state index >= 15 is 0 Å². The highest BCUT2D eigenvalue weighted by Crippen LogP contribution is 2.28. The number of nitrogen functional groups attached to an aromatic ring is 1. The van der Waals surface area contributed by atoms with Gasteiger partial charge in [-0.3, -0.25) is 0 Å². The van der Waals surface area contributed by atoms with Crippen LogP contribution in [0.25, 0.3) is 10.2 Å². The van der Waals surface area contributed by atoms with Gasteiger partial charge in [-0.05, 0) is 24.3 Å². The number of fused-ring (bicyclic) bond motifs is 1. The number of rotatable bonds is 2. The molecule has 0 atom stereocenters. The molecule has 0 unspecified atom stereocenters. The minimum absolute atomic E-state index is 0.362. The quantitative estimate of drug-likeness (QED) is 0.814. The van der Waals surface area contributed by atoms with Crippen molar-refractivity contribution in [1.82, 2.24) is 9.97 Å². The van der Waals surface area contributed by atoms with Gasteiger partial charge in [0.05, 0.1) is 5.39 Å². The molecule has 3 rings (SSSR count). The first kappa shape index (κ1) is 11.7. The largest absolute Gasteiger partial charge is 0.368 e. The molecule has 4 nitrogen and oxygen atoms in total. The zero-order valence-electron chi connectivity index (χ0n) is 10.4. The Morgan fingerprint density at radius 2 is 1.94 bits per heavy atom. The van der Waals surface area contributed by atoms with Crippen LogP contribution >= 0.6 is 11.3 Å². The zero-order valence-corrected chi connectivity index (χ0v) is 11.2.